The van der Waals surface area contributed by atoms with E-state index in [1.54, 1.807) is 13.0 Å². The van der Waals surface area contributed by atoms with Gasteiger partial charge in [0.1, 0.15) is 0 Å². The van der Waals surface area contributed by atoms with Crippen molar-refractivity contribution in [2.75, 3.05) is 5.75 Å². The molecule has 0 atom stereocenters. The molecule has 0 unspecified atom stereocenters. The lowest BCUT2D eigenvalue weighted by Crippen LogP contribution is -2.27. The zero-order valence-electron chi connectivity index (χ0n) is 14.7. The smallest absolute Gasteiger partial charge is 0.325 e. The Labute approximate surface area is 167 Å². The molecule has 0 fully saturated rings. The number of rotatable bonds is 7. The molecule has 3 aromatic rings. The summed E-state index contributed by atoms with van der Waals surface area (Å²) in [6, 6.07) is 7.25. The van der Waals surface area contributed by atoms with E-state index in [0.29, 0.717) is 22.8 Å². The number of aryl methyl sites for hydroxylation is 1. The summed E-state index contributed by atoms with van der Waals surface area (Å²) in [5.41, 5.74) is 0.505. The highest BCUT2D eigenvalue weighted by Gasteiger charge is 2.14. The fraction of sp³-hybridized carbons (Fsp3) is 0.235. The molecular formula is C17H16ClN5O4S. The number of benzene rings is 1. The van der Waals surface area contributed by atoms with Gasteiger partial charge in [0, 0.05) is 22.8 Å². The highest BCUT2D eigenvalue weighted by atomic mass is 35.5. The van der Waals surface area contributed by atoms with Gasteiger partial charge in [-0.05, 0) is 18.6 Å². The molecule has 1 aromatic carbocycles. The standard InChI is InChI=1S/C17H16ClN5O4S/c1-9-11(15(25)21-16(26)20-9)6-14-22-23-17(27-14)28-8-13(24)19-7-10-4-2-3-5-12(10)18/h2-5H,6-8H2,1H3,(H,19,24)(H2,20,21,25,26). The van der Waals surface area contributed by atoms with E-state index in [1.165, 1.54) is 0 Å². The summed E-state index contributed by atoms with van der Waals surface area (Å²) in [4.78, 5) is 39.7. The largest absolute Gasteiger partial charge is 0.416 e. The monoisotopic (exact) mass is 421 g/mol. The van der Waals surface area contributed by atoms with Crippen LogP contribution in [-0.4, -0.2) is 31.8 Å². The second kappa shape index (κ2) is 8.89. The van der Waals surface area contributed by atoms with Crippen molar-refractivity contribution >= 4 is 29.3 Å². The summed E-state index contributed by atoms with van der Waals surface area (Å²) in [5, 5.41) is 11.3. The molecule has 0 spiro atoms. The van der Waals surface area contributed by atoms with Crippen molar-refractivity contribution in [3.63, 3.8) is 0 Å². The Kier molecular flexibility index (Phi) is 6.32. The molecule has 3 rings (SSSR count). The molecule has 28 heavy (non-hydrogen) atoms. The molecular weight excluding hydrogens is 406 g/mol. The van der Waals surface area contributed by atoms with Crippen molar-refractivity contribution in [3.05, 3.63) is 72.8 Å². The maximum atomic E-state index is 12.0. The number of carbonyl (C=O) groups is 1. The van der Waals surface area contributed by atoms with Crippen molar-refractivity contribution < 1.29 is 9.21 Å². The van der Waals surface area contributed by atoms with Gasteiger partial charge in [-0.1, -0.05) is 41.6 Å². The Hall–Kier alpha value is -2.85. The first-order valence-electron chi connectivity index (χ1n) is 8.19. The first kappa shape index (κ1) is 19.9. The first-order chi connectivity index (χ1) is 13.4. The number of hydrogen-bond acceptors (Lipinski definition) is 7. The van der Waals surface area contributed by atoms with Crippen LogP contribution in [0.4, 0.5) is 0 Å². The van der Waals surface area contributed by atoms with Crippen molar-refractivity contribution in [1.29, 1.82) is 0 Å². The molecule has 0 saturated carbocycles. The Morgan fingerprint density at radius 1 is 1.25 bits per heavy atom. The number of halogens is 1. The summed E-state index contributed by atoms with van der Waals surface area (Å²) in [6.45, 7) is 1.93. The summed E-state index contributed by atoms with van der Waals surface area (Å²) in [7, 11) is 0. The van der Waals surface area contributed by atoms with Crippen LogP contribution in [0.15, 0.2) is 43.5 Å². The first-order valence-corrected chi connectivity index (χ1v) is 9.56. The molecule has 0 radical (unpaired) electrons. The number of carbonyl (C=O) groups excluding carboxylic acids is 1. The third-order valence-corrected chi connectivity index (χ3v) is 4.98. The van der Waals surface area contributed by atoms with E-state index in [1.807, 2.05) is 18.2 Å². The lowest BCUT2D eigenvalue weighted by Gasteiger charge is -2.05. The summed E-state index contributed by atoms with van der Waals surface area (Å²) in [5.74, 6) is 0.0851. The van der Waals surface area contributed by atoms with E-state index < -0.39 is 11.2 Å². The molecule has 0 saturated heterocycles. The normalized spacial score (nSPS) is 10.8. The third kappa shape index (κ3) is 5.11. The van der Waals surface area contributed by atoms with E-state index in [4.69, 9.17) is 16.0 Å². The van der Waals surface area contributed by atoms with Crippen molar-refractivity contribution in [3.8, 4) is 0 Å². The van der Waals surface area contributed by atoms with Gasteiger partial charge in [-0.3, -0.25) is 14.6 Å². The van der Waals surface area contributed by atoms with E-state index >= 15 is 0 Å². The number of thioether (sulfide) groups is 1. The van der Waals surface area contributed by atoms with Crippen LogP contribution < -0.4 is 16.6 Å². The number of aromatic amines is 2. The molecule has 11 heteroatoms. The van der Waals surface area contributed by atoms with Gasteiger partial charge in [-0.25, -0.2) is 4.79 Å². The maximum Gasteiger partial charge on any atom is 0.325 e. The highest BCUT2D eigenvalue weighted by Crippen LogP contribution is 2.18. The number of nitrogens with zero attached hydrogens (tertiary/aromatic N) is 2. The average molecular weight is 422 g/mol. The van der Waals surface area contributed by atoms with Gasteiger partial charge < -0.3 is 14.7 Å². The fourth-order valence-electron chi connectivity index (χ4n) is 2.37. The van der Waals surface area contributed by atoms with E-state index in [-0.39, 0.29) is 29.2 Å². The van der Waals surface area contributed by atoms with E-state index in [0.717, 1.165) is 17.3 Å². The summed E-state index contributed by atoms with van der Waals surface area (Å²) in [6.07, 6.45) is 0.0736. The van der Waals surface area contributed by atoms with E-state index in [9.17, 15) is 14.4 Å². The Bertz CT molecular complexity index is 1110. The molecule has 2 aromatic heterocycles. The molecule has 3 N–H and O–H groups in total. The second-order valence-corrected chi connectivity index (χ2v) is 7.14. The molecule has 9 nitrogen and oxygen atoms in total. The zero-order valence-corrected chi connectivity index (χ0v) is 16.3. The van der Waals surface area contributed by atoms with Crippen LogP contribution in [0.25, 0.3) is 0 Å². The molecule has 1 amide bonds. The zero-order chi connectivity index (χ0) is 20.1. The summed E-state index contributed by atoms with van der Waals surface area (Å²) < 4.78 is 5.45. The Balaban J connectivity index is 1.54. The SMILES string of the molecule is Cc1[nH]c(=O)[nH]c(=O)c1Cc1nnc(SCC(=O)NCc2ccccc2Cl)o1. The minimum absolute atomic E-state index is 0.0736. The highest BCUT2D eigenvalue weighted by molar-refractivity contribution is 7.99. The fourth-order valence-corrected chi connectivity index (χ4v) is 3.18. The van der Waals surface area contributed by atoms with Crippen LogP contribution in [0.3, 0.4) is 0 Å². The van der Waals surface area contributed by atoms with Crippen LogP contribution in [-0.2, 0) is 17.8 Å². The van der Waals surface area contributed by atoms with Gasteiger partial charge in [-0.15, -0.1) is 10.2 Å². The Morgan fingerprint density at radius 2 is 2.04 bits per heavy atom. The number of H-pyrrole nitrogens is 2. The van der Waals surface area contributed by atoms with Crippen LogP contribution in [0, 0.1) is 6.92 Å². The molecule has 0 bridgehead atoms. The quantitative estimate of drug-likeness (QED) is 0.491. The molecule has 0 aliphatic rings. The van der Waals surface area contributed by atoms with Gasteiger partial charge in [0.2, 0.25) is 11.8 Å². The Morgan fingerprint density at radius 3 is 2.79 bits per heavy atom. The minimum Gasteiger partial charge on any atom is -0.416 e. The molecule has 0 aliphatic heterocycles. The molecule has 146 valence electrons. The van der Waals surface area contributed by atoms with Crippen molar-refractivity contribution in [2.45, 2.75) is 25.1 Å². The van der Waals surface area contributed by atoms with Gasteiger partial charge in [-0.2, -0.15) is 0 Å². The predicted octanol–water partition coefficient (Wildman–Crippen LogP) is 1.41. The van der Waals surface area contributed by atoms with Gasteiger partial charge in [0.15, 0.2) is 0 Å². The van der Waals surface area contributed by atoms with Crippen molar-refractivity contribution in [1.82, 2.24) is 25.5 Å². The van der Waals surface area contributed by atoms with Crippen LogP contribution in [0.1, 0.15) is 22.7 Å². The number of aromatic nitrogens is 4. The van der Waals surface area contributed by atoms with Gasteiger partial charge in [0.05, 0.1) is 12.2 Å². The van der Waals surface area contributed by atoms with Crippen LogP contribution in [0.5, 0.6) is 0 Å². The van der Waals surface area contributed by atoms with Crippen LogP contribution in [0.2, 0.25) is 5.02 Å². The van der Waals surface area contributed by atoms with Gasteiger partial charge in [0.25, 0.3) is 10.8 Å². The number of hydrogen-bond donors (Lipinski definition) is 3. The van der Waals surface area contributed by atoms with E-state index in [2.05, 4.69) is 25.5 Å². The van der Waals surface area contributed by atoms with Crippen LogP contribution >= 0.6 is 23.4 Å². The molecule has 0 aliphatic carbocycles. The lowest BCUT2D eigenvalue weighted by atomic mass is 10.2. The third-order valence-electron chi connectivity index (χ3n) is 3.79. The van der Waals surface area contributed by atoms with Crippen molar-refractivity contribution in [2.24, 2.45) is 0 Å². The average Bonchev–Trinajstić information content (AvgIpc) is 3.10. The lowest BCUT2D eigenvalue weighted by molar-refractivity contribution is -0.118. The topological polar surface area (TPSA) is 134 Å². The molecule has 2 heterocycles. The maximum absolute atomic E-state index is 12.0. The minimum atomic E-state index is -0.573. The predicted molar refractivity (Wildman–Crippen MR) is 104 cm³/mol. The summed E-state index contributed by atoms with van der Waals surface area (Å²) >= 11 is 7.13. The second-order valence-electron chi connectivity index (χ2n) is 5.81. The number of nitrogens with one attached hydrogen (secondary N) is 3. The van der Waals surface area contributed by atoms with Gasteiger partial charge >= 0.3 is 5.69 Å². The number of amides is 1.